The third-order valence-electron chi connectivity index (χ3n) is 3.73. The van der Waals surface area contributed by atoms with Gasteiger partial charge in [0.05, 0.1) is 11.4 Å². The molecular weight excluding hydrogens is 236 g/mol. The van der Waals surface area contributed by atoms with Gasteiger partial charge in [-0.3, -0.25) is 0 Å². The minimum absolute atomic E-state index is 0.0768. The van der Waals surface area contributed by atoms with Gasteiger partial charge in [-0.2, -0.15) is 0 Å². The van der Waals surface area contributed by atoms with Crippen molar-refractivity contribution in [3.63, 3.8) is 0 Å². The lowest BCUT2D eigenvalue weighted by Crippen LogP contribution is -2.19. The first-order chi connectivity index (χ1) is 8.97. The number of aromatic nitrogens is 3. The Balaban J connectivity index is 2.13. The third kappa shape index (κ3) is 2.01. The minimum Gasteiger partial charge on any atom is -0.381 e. The lowest BCUT2D eigenvalue weighted by atomic mass is 9.91. The molecule has 2 aromatic rings. The first-order valence-electron chi connectivity index (χ1n) is 6.80. The Labute approximate surface area is 113 Å². The number of benzene rings is 1. The number of nitrogens with two attached hydrogens (primary N) is 1. The highest BCUT2D eigenvalue weighted by Gasteiger charge is 2.25. The van der Waals surface area contributed by atoms with Crippen LogP contribution in [0.3, 0.4) is 0 Å². The molecule has 2 N–H and O–H groups in total. The molecule has 0 fully saturated rings. The lowest BCUT2D eigenvalue weighted by molar-refractivity contribution is 0.544. The smallest absolute Gasteiger partial charge is 0.170 e. The van der Waals surface area contributed by atoms with Gasteiger partial charge in [0.2, 0.25) is 0 Å². The molecule has 1 aliphatic carbocycles. The van der Waals surface area contributed by atoms with E-state index in [1.54, 1.807) is 0 Å². The predicted molar refractivity (Wildman–Crippen MR) is 76.5 cm³/mol. The largest absolute Gasteiger partial charge is 0.381 e. The zero-order valence-corrected chi connectivity index (χ0v) is 11.8. The van der Waals surface area contributed by atoms with Crippen LogP contribution in [0.15, 0.2) is 18.2 Å². The van der Waals surface area contributed by atoms with Crippen LogP contribution in [0, 0.1) is 0 Å². The third-order valence-corrected chi connectivity index (χ3v) is 3.73. The molecule has 1 heterocycles. The molecule has 0 atom stereocenters. The number of hydrogen-bond donors (Lipinski definition) is 1. The van der Waals surface area contributed by atoms with Gasteiger partial charge in [-0.25, -0.2) is 4.68 Å². The molecule has 0 amide bonds. The van der Waals surface area contributed by atoms with E-state index in [1.165, 1.54) is 24.0 Å². The molecule has 0 radical (unpaired) electrons. The van der Waals surface area contributed by atoms with Gasteiger partial charge < -0.3 is 5.73 Å². The van der Waals surface area contributed by atoms with E-state index in [0.29, 0.717) is 5.82 Å². The van der Waals surface area contributed by atoms with Crippen molar-refractivity contribution in [1.82, 2.24) is 15.0 Å². The molecule has 0 saturated heterocycles. The van der Waals surface area contributed by atoms with Crippen LogP contribution in [0.1, 0.15) is 44.0 Å². The monoisotopic (exact) mass is 256 g/mol. The van der Waals surface area contributed by atoms with Crippen molar-refractivity contribution >= 4 is 5.82 Å². The van der Waals surface area contributed by atoms with Crippen LogP contribution in [0.4, 0.5) is 5.82 Å². The maximum Gasteiger partial charge on any atom is 0.170 e. The highest BCUT2D eigenvalue weighted by molar-refractivity contribution is 5.47. The summed E-state index contributed by atoms with van der Waals surface area (Å²) in [6.45, 7) is 6.39. The summed E-state index contributed by atoms with van der Waals surface area (Å²) in [6, 6.07) is 6.56. The highest BCUT2D eigenvalue weighted by Crippen LogP contribution is 2.30. The number of fused-ring (bicyclic) bond motifs is 1. The summed E-state index contributed by atoms with van der Waals surface area (Å²) in [5, 5.41) is 8.26. The van der Waals surface area contributed by atoms with Gasteiger partial charge in [0.15, 0.2) is 5.82 Å². The van der Waals surface area contributed by atoms with Crippen LogP contribution >= 0.6 is 0 Å². The Morgan fingerprint density at radius 3 is 2.63 bits per heavy atom. The second kappa shape index (κ2) is 4.08. The second-order valence-electron chi connectivity index (χ2n) is 6.29. The maximum absolute atomic E-state index is 5.98. The number of rotatable bonds is 1. The molecule has 1 aliphatic rings. The molecule has 1 aromatic carbocycles. The molecule has 100 valence electrons. The zero-order valence-electron chi connectivity index (χ0n) is 11.8. The fourth-order valence-corrected chi connectivity index (χ4v) is 2.87. The van der Waals surface area contributed by atoms with Crippen molar-refractivity contribution < 1.29 is 0 Å². The number of hydrogen-bond acceptors (Lipinski definition) is 3. The van der Waals surface area contributed by atoms with Gasteiger partial charge >= 0.3 is 0 Å². The van der Waals surface area contributed by atoms with E-state index in [9.17, 15) is 0 Å². The quantitative estimate of drug-likeness (QED) is 0.853. The minimum atomic E-state index is -0.0768. The van der Waals surface area contributed by atoms with Crippen molar-refractivity contribution in [3.8, 4) is 5.69 Å². The van der Waals surface area contributed by atoms with Crippen molar-refractivity contribution in [2.24, 2.45) is 0 Å². The van der Waals surface area contributed by atoms with Gasteiger partial charge in [-0.1, -0.05) is 32.1 Å². The van der Waals surface area contributed by atoms with Crippen molar-refractivity contribution in [3.05, 3.63) is 35.0 Å². The van der Waals surface area contributed by atoms with E-state index in [1.807, 2.05) is 4.68 Å². The van der Waals surface area contributed by atoms with Gasteiger partial charge in [0.1, 0.15) is 0 Å². The van der Waals surface area contributed by atoms with Crippen LogP contribution in [0.25, 0.3) is 5.69 Å². The molecule has 4 heteroatoms. The summed E-state index contributed by atoms with van der Waals surface area (Å²) in [4.78, 5) is 0. The summed E-state index contributed by atoms with van der Waals surface area (Å²) < 4.78 is 1.88. The molecular formula is C15H20N4. The van der Waals surface area contributed by atoms with E-state index < -0.39 is 0 Å². The molecule has 0 bridgehead atoms. The van der Waals surface area contributed by atoms with Gasteiger partial charge in [-0.15, -0.1) is 5.10 Å². The average Bonchev–Trinajstić information content (AvgIpc) is 2.92. The van der Waals surface area contributed by atoms with Gasteiger partial charge in [-0.05, 0) is 42.5 Å². The normalized spacial score (nSPS) is 14.7. The fraction of sp³-hybridized carbons (Fsp3) is 0.467. The van der Waals surface area contributed by atoms with E-state index in [0.717, 1.165) is 17.8 Å². The topological polar surface area (TPSA) is 56.7 Å². The first kappa shape index (κ1) is 12.2. The number of nitrogen functional groups attached to an aromatic ring is 1. The summed E-state index contributed by atoms with van der Waals surface area (Å²) in [7, 11) is 0. The number of aryl methyl sites for hydroxylation is 2. The molecule has 0 unspecified atom stereocenters. The number of anilines is 1. The van der Waals surface area contributed by atoms with Crippen LogP contribution in [0.2, 0.25) is 0 Å². The van der Waals surface area contributed by atoms with Crippen LogP contribution in [-0.2, 0) is 18.3 Å². The Morgan fingerprint density at radius 1 is 1.16 bits per heavy atom. The lowest BCUT2D eigenvalue weighted by Gasteiger charge is -2.20. The van der Waals surface area contributed by atoms with E-state index >= 15 is 0 Å². The predicted octanol–water partition coefficient (Wildman–Crippen LogP) is 2.64. The molecule has 19 heavy (non-hydrogen) atoms. The molecule has 1 aromatic heterocycles. The van der Waals surface area contributed by atoms with E-state index in [4.69, 9.17) is 5.73 Å². The van der Waals surface area contributed by atoms with Crippen molar-refractivity contribution in [1.29, 1.82) is 0 Å². The van der Waals surface area contributed by atoms with E-state index in [-0.39, 0.29) is 5.41 Å². The Hall–Kier alpha value is -1.84. The summed E-state index contributed by atoms with van der Waals surface area (Å²) in [6.07, 6.45) is 3.61. The summed E-state index contributed by atoms with van der Waals surface area (Å²) in [5.74, 6) is 0.521. The van der Waals surface area contributed by atoms with Crippen molar-refractivity contribution in [2.75, 3.05) is 5.73 Å². The Bertz CT molecular complexity index is 620. The number of nitrogens with zero attached hydrogens (tertiary/aromatic N) is 3. The fourth-order valence-electron chi connectivity index (χ4n) is 2.87. The van der Waals surface area contributed by atoms with Crippen LogP contribution in [-0.4, -0.2) is 15.0 Å². The van der Waals surface area contributed by atoms with Crippen LogP contribution in [0.5, 0.6) is 0 Å². The molecule has 4 nitrogen and oxygen atoms in total. The first-order valence-corrected chi connectivity index (χ1v) is 6.80. The molecule has 0 saturated carbocycles. The Kier molecular flexibility index (Phi) is 2.62. The van der Waals surface area contributed by atoms with Gasteiger partial charge in [0.25, 0.3) is 0 Å². The molecule has 3 rings (SSSR count). The maximum atomic E-state index is 5.98. The summed E-state index contributed by atoms with van der Waals surface area (Å²) >= 11 is 0. The average molecular weight is 256 g/mol. The summed E-state index contributed by atoms with van der Waals surface area (Å²) in [5.41, 5.74) is 10.9. The zero-order chi connectivity index (χ0) is 13.6. The molecule has 0 aliphatic heterocycles. The van der Waals surface area contributed by atoms with Gasteiger partial charge in [0, 0.05) is 5.41 Å². The SMILES string of the molecule is CC(C)(C)c1c(N)nnn1-c1ccc2c(c1)CCC2. The van der Waals surface area contributed by atoms with E-state index in [2.05, 4.69) is 49.3 Å². The standard InChI is InChI=1S/C15H20N4/c1-15(2,3)13-14(16)17-18-19(13)12-8-7-10-5-4-6-11(10)9-12/h7-9H,4-6,16H2,1-3H3. The second-order valence-corrected chi connectivity index (χ2v) is 6.29. The van der Waals surface area contributed by atoms with Crippen molar-refractivity contribution in [2.45, 2.75) is 45.4 Å². The molecule has 0 spiro atoms. The Morgan fingerprint density at radius 2 is 1.89 bits per heavy atom. The van der Waals surface area contributed by atoms with Crippen LogP contribution < -0.4 is 5.73 Å². The highest BCUT2D eigenvalue weighted by atomic mass is 15.4.